The van der Waals surface area contributed by atoms with Gasteiger partial charge in [-0.3, -0.25) is 10.1 Å². The Kier molecular flexibility index (Phi) is 2.95. The van der Waals surface area contributed by atoms with E-state index >= 15 is 0 Å². The number of halogens is 1. The third-order valence-electron chi connectivity index (χ3n) is 3.08. The van der Waals surface area contributed by atoms with Gasteiger partial charge < -0.3 is 5.32 Å². The average Bonchev–Trinajstić information content (AvgIpc) is 2.59. The molecule has 1 saturated heterocycles. The van der Waals surface area contributed by atoms with Crippen molar-refractivity contribution in [3.05, 3.63) is 34.3 Å². The molecule has 0 aliphatic carbocycles. The molecule has 1 fully saturated rings. The smallest absolute Gasteiger partial charge is 0.322 e. The maximum Gasteiger partial charge on any atom is 0.322 e. The molecule has 1 unspecified atom stereocenters. The van der Waals surface area contributed by atoms with Crippen molar-refractivity contribution in [2.24, 2.45) is 0 Å². The van der Waals surface area contributed by atoms with Gasteiger partial charge in [-0.15, -0.1) is 0 Å². The van der Waals surface area contributed by atoms with Crippen molar-refractivity contribution >= 4 is 27.9 Å². The summed E-state index contributed by atoms with van der Waals surface area (Å²) in [6.45, 7) is 3.87. The van der Waals surface area contributed by atoms with Gasteiger partial charge in [-0.2, -0.15) is 0 Å². The fourth-order valence-electron chi connectivity index (χ4n) is 1.97. The number of imide groups is 1. The lowest BCUT2D eigenvalue weighted by atomic mass is 9.78. The summed E-state index contributed by atoms with van der Waals surface area (Å²) < 4.78 is 0.983. The molecule has 0 radical (unpaired) electrons. The molecule has 1 atom stereocenters. The van der Waals surface area contributed by atoms with Crippen molar-refractivity contribution in [3.63, 3.8) is 0 Å². The summed E-state index contributed by atoms with van der Waals surface area (Å²) in [6, 6.07) is 6.78. The highest BCUT2D eigenvalue weighted by atomic mass is 79.9. The monoisotopic (exact) mass is 296 g/mol. The van der Waals surface area contributed by atoms with Crippen LogP contribution in [0.1, 0.15) is 19.4 Å². The fraction of sp³-hybridized carbons (Fsp3) is 0.333. The number of carbonyl (C=O) groups excluding carboxylic acids is 2. The Hall–Kier alpha value is -1.36. The minimum atomic E-state index is -0.531. The van der Waals surface area contributed by atoms with Gasteiger partial charge in [0.2, 0.25) is 0 Å². The predicted octanol–water partition coefficient (Wildman–Crippen LogP) is 1.93. The summed E-state index contributed by atoms with van der Waals surface area (Å²) in [6.07, 6.45) is 0. The molecule has 0 spiro atoms. The molecule has 0 bridgehead atoms. The number of rotatable bonds is 2. The minimum Gasteiger partial charge on any atom is -0.325 e. The average molecular weight is 297 g/mol. The standard InChI is InChI=1S/C12H13BrN2O2/c1-12(2,7-3-5-8(13)6-4-7)9-10(16)15-11(17)14-9/h3-6,9H,1-2H3,(H2,14,15,16,17). The number of hydrogen-bond acceptors (Lipinski definition) is 2. The lowest BCUT2D eigenvalue weighted by Gasteiger charge is -2.29. The first-order valence-electron chi connectivity index (χ1n) is 5.28. The van der Waals surface area contributed by atoms with Crippen LogP contribution in [0.5, 0.6) is 0 Å². The molecule has 2 rings (SSSR count). The molecule has 90 valence electrons. The van der Waals surface area contributed by atoms with Crippen molar-refractivity contribution in [1.82, 2.24) is 10.6 Å². The lowest BCUT2D eigenvalue weighted by Crippen LogP contribution is -2.45. The molecule has 0 saturated carbocycles. The number of carbonyl (C=O) groups is 2. The summed E-state index contributed by atoms with van der Waals surface area (Å²) in [7, 11) is 0. The Bertz CT molecular complexity index is 468. The lowest BCUT2D eigenvalue weighted by molar-refractivity contribution is -0.121. The van der Waals surface area contributed by atoms with Crippen molar-refractivity contribution in [3.8, 4) is 0 Å². The third kappa shape index (κ3) is 2.20. The molecule has 1 aliphatic heterocycles. The van der Waals surface area contributed by atoms with Gasteiger partial charge in [-0.25, -0.2) is 4.79 Å². The number of urea groups is 1. The number of amides is 3. The molecule has 3 amide bonds. The van der Waals surface area contributed by atoms with Crippen LogP contribution in [0.4, 0.5) is 4.79 Å². The highest BCUT2D eigenvalue weighted by Crippen LogP contribution is 2.29. The molecule has 1 heterocycles. The summed E-state index contributed by atoms with van der Waals surface area (Å²) in [5, 5.41) is 4.90. The summed E-state index contributed by atoms with van der Waals surface area (Å²) >= 11 is 3.37. The van der Waals surface area contributed by atoms with Crippen LogP contribution in [-0.4, -0.2) is 18.0 Å². The van der Waals surface area contributed by atoms with Crippen LogP contribution >= 0.6 is 15.9 Å². The van der Waals surface area contributed by atoms with Gasteiger partial charge in [-0.05, 0) is 17.7 Å². The number of hydrogen-bond donors (Lipinski definition) is 2. The molecule has 0 aromatic heterocycles. The maximum absolute atomic E-state index is 11.7. The van der Waals surface area contributed by atoms with Gasteiger partial charge in [0.15, 0.2) is 0 Å². The van der Waals surface area contributed by atoms with E-state index in [2.05, 4.69) is 26.6 Å². The quantitative estimate of drug-likeness (QED) is 0.820. The topological polar surface area (TPSA) is 58.2 Å². The highest BCUT2D eigenvalue weighted by molar-refractivity contribution is 9.10. The van der Waals surface area contributed by atoms with E-state index in [4.69, 9.17) is 0 Å². The van der Waals surface area contributed by atoms with Crippen LogP contribution in [0.2, 0.25) is 0 Å². The second kappa shape index (κ2) is 4.14. The normalized spacial score (nSPS) is 20.1. The zero-order chi connectivity index (χ0) is 12.6. The van der Waals surface area contributed by atoms with Crippen molar-refractivity contribution < 1.29 is 9.59 Å². The summed E-state index contributed by atoms with van der Waals surface area (Å²) in [5.41, 5.74) is 0.555. The molecular weight excluding hydrogens is 284 g/mol. The summed E-state index contributed by atoms with van der Waals surface area (Å²) in [5.74, 6) is -0.275. The number of benzene rings is 1. The van der Waals surface area contributed by atoms with Gasteiger partial charge in [-0.1, -0.05) is 41.9 Å². The van der Waals surface area contributed by atoms with Crippen molar-refractivity contribution in [1.29, 1.82) is 0 Å². The van der Waals surface area contributed by atoms with Gasteiger partial charge in [0.1, 0.15) is 6.04 Å². The zero-order valence-corrected chi connectivity index (χ0v) is 11.2. The molecule has 1 aliphatic rings. The zero-order valence-electron chi connectivity index (χ0n) is 9.58. The molecule has 17 heavy (non-hydrogen) atoms. The van der Waals surface area contributed by atoms with E-state index in [0.29, 0.717) is 0 Å². The third-order valence-corrected chi connectivity index (χ3v) is 3.61. The van der Waals surface area contributed by atoms with Crippen molar-refractivity contribution in [2.45, 2.75) is 25.3 Å². The first-order valence-corrected chi connectivity index (χ1v) is 6.08. The molecule has 1 aromatic carbocycles. The molecule has 2 N–H and O–H groups in total. The second-order valence-corrected chi connectivity index (χ2v) is 5.54. The Morgan fingerprint density at radius 1 is 1.18 bits per heavy atom. The molecule has 1 aromatic rings. The fourth-order valence-corrected chi connectivity index (χ4v) is 2.24. The number of nitrogens with one attached hydrogen (secondary N) is 2. The SMILES string of the molecule is CC(C)(c1ccc(Br)cc1)C1NC(=O)NC1=O. The van der Waals surface area contributed by atoms with Gasteiger partial charge in [0.05, 0.1) is 0 Å². The van der Waals surface area contributed by atoms with E-state index in [9.17, 15) is 9.59 Å². The van der Waals surface area contributed by atoms with Gasteiger partial charge in [0, 0.05) is 9.89 Å². The Morgan fingerprint density at radius 2 is 1.76 bits per heavy atom. The van der Waals surface area contributed by atoms with E-state index < -0.39 is 17.5 Å². The predicted molar refractivity (Wildman–Crippen MR) is 67.6 cm³/mol. The minimum absolute atomic E-state index is 0.275. The van der Waals surface area contributed by atoms with E-state index in [1.807, 2.05) is 38.1 Å². The van der Waals surface area contributed by atoms with E-state index in [1.54, 1.807) is 0 Å². The highest BCUT2D eigenvalue weighted by Gasteiger charge is 2.42. The van der Waals surface area contributed by atoms with Gasteiger partial charge in [0.25, 0.3) is 5.91 Å². The van der Waals surface area contributed by atoms with Crippen LogP contribution in [-0.2, 0) is 10.2 Å². The van der Waals surface area contributed by atoms with Gasteiger partial charge >= 0.3 is 6.03 Å². The maximum atomic E-state index is 11.7. The van der Waals surface area contributed by atoms with Crippen molar-refractivity contribution in [2.75, 3.05) is 0 Å². The largest absolute Gasteiger partial charge is 0.325 e. The van der Waals surface area contributed by atoms with Crippen LogP contribution in [0.3, 0.4) is 0 Å². The first kappa shape index (κ1) is 12.1. The van der Waals surface area contributed by atoms with Crippen LogP contribution in [0.15, 0.2) is 28.7 Å². The Balaban J connectivity index is 2.32. The Labute approximate surface area is 108 Å². The molecule has 4 nitrogen and oxygen atoms in total. The van der Waals surface area contributed by atoms with E-state index in [0.717, 1.165) is 10.0 Å². The molecular formula is C12H13BrN2O2. The van der Waals surface area contributed by atoms with E-state index in [-0.39, 0.29) is 5.91 Å². The second-order valence-electron chi connectivity index (χ2n) is 4.62. The van der Waals surface area contributed by atoms with E-state index in [1.165, 1.54) is 0 Å². The first-order chi connectivity index (χ1) is 7.91. The summed E-state index contributed by atoms with van der Waals surface area (Å²) in [4.78, 5) is 22.8. The Morgan fingerprint density at radius 3 is 2.24 bits per heavy atom. The van der Waals surface area contributed by atoms with Crippen LogP contribution in [0.25, 0.3) is 0 Å². The molecule has 5 heteroatoms. The van der Waals surface area contributed by atoms with Crippen LogP contribution < -0.4 is 10.6 Å². The van der Waals surface area contributed by atoms with Crippen LogP contribution in [0, 0.1) is 0 Å².